The van der Waals surface area contributed by atoms with Gasteiger partial charge in [-0.15, -0.1) is 0 Å². The summed E-state index contributed by atoms with van der Waals surface area (Å²) >= 11 is 3.41. The molecule has 1 aromatic carbocycles. The van der Waals surface area contributed by atoms with E-state index < -0.39 is 0 Å². The van der Waals surface area contributed by atoms with Gasteiger partial charge in [-0.2, -0.15) is 0 Å². The molecular formula is C12H13BrN2O. The summed E-state index contributed by atoms with van der Waals surface area (Å²) in [5.41, 5.74) is 2.02. The van der Waals surface area contributed by atoms with Crippen LogP contribution in [0.15, 0.2) is 41.3 Å². The van der Waals surface area contributed by atoms with Crippen LogP contribution in [0, 0.1) is 0 Å². The van der Waals surface area contributed by atoms with Crippen LogP contribution in [0.1, 0.15) is 24.2 Å². The first-order valence-electron chi connectivity index (χ1n) is 5.09. The monoisotopic (exact) mass is 280 g/mol. The van der Waals surface area contributed by atoms with Crippen LogP contribution < -0.4 is 0 Å². The van der Waals surface area contributed by atoms with Crippen LogP contribution in [0.3, 0.4) is 0 Å². The van der Waals surface area contributed by atoms with Gasteiger partial charge in [0.2, 0.25) is 0 Å². The van der Waals surface area contributed by atoms with E-state index in [1.54, 1.807) is 12.5 Å². The molecule has 1 N–H and O–H groups in total. The largest absolute Gasteiger partial charge is 0.390 e. The molecule has 3 nitrogen and oxygen atoms in total. The van der Waals surface area contributed by atoms with E-state index in [-0.39, 0.29) is 12.6 Å². The number of rotatable bonds is 3. The molecule has 2 rings (SSSR count). The van der Waals surface area contributed by atoms with Gasteiger partial charge < -0.3 is 9.67 Å². The summed E-state index contributed by atoms with van der Waals surface area (Å²) in [6.45, 7) is 2.10. The SMILES string of the molecule is CC(c1ccc(Br)cc1)n1cncc1CO. The molecule has 0 aliphatic carbocycles. The zero-order chi connectivity index (χ0) is 11.5. The summed E-state index contributed by atoms with van der Waals surface area (Å²) in [7, 11) is 0. The average Bonchev–Trinajstić information content (AvgIpc) is 2.77. The van der Waals surface area contributed by atoms with Gasteiger partial charge in [-0.25, -0.2) is 4.98 Å². The number of hydrogen-bond acceptors (Lipinski definition) is 2. The fourth-order valence-corrected chi connectivity index (χ4v) is 1.97. The summed E-state index contributed by atoms with van der Waals surface area (Å²) in [6.07, 6.45) is 3.44. The van der Waals surface area contributed by atoms with Gasteiger partial charge in [-0.05, 0) is 24.6 Å². The average molecular weight is 281 g/mol. The van der Waals surface area contributed by atoms with Crippen molar-refractivity contribution in [1.29, 1.82) is 0 Å². The molecule has 1 aromatic heterocycles. The number of nitrogens with zero attached hydrogens (tertiary/aromatic N) is 2. The van der Waals surface area contributed by atoms with E-state index in [9.17, 15) is 5.11 Å². The van der Waals surface area contributed by atoms with Crippen molar-refractivity contribution in [3.63, 3.8) is 0 Å². The minimum atomic E-state index is 0.0148. The molecule has 0 radical (unpaired) electrons. The van der Waals surface area contributed by atoms with Crippen LogP contribution in [0.25, 0.3) is 0 Å². The van der Waals surface area contributed by atoms with E-state index >= 15 is 0 Å². The minimum Gasteiger partial charge on any atom is -0.390 e. The molecule has 2 aromatic rings. The number of benzene rings is 1. The Morgan fingerprint density at radius 1 is 1.38 bits per heavy atom. The van der Waals surface area contributed by atoms with Gasteiger partial charge >= 0.3 is 0 Å². The second kappa shape index (κ2) is 4.80. The Labute approximate surface area is 103 Å². The Hall–Kier alpha value is -1.13. The van der Waals surface area contributed by atoms with Crippen LogP contribution >= 0.6 is 15.9 Å². The Balaban J connectivity index is 2.31. The van der Waals surface area contributed by atoms with Gasteiger partial charge in [0, 0.05) is 4.47 Å². The van der Waals surface area contributed by atoms with E-state index in [2.05, 4.69) is 40.0 Å². The molecule has 0 saturated carbocycles. The Bertz CT molecular complexity index is 464. The highest BCUT2D eigenvalue weighted by atomic mass is 79.9. The lowest BCUT2D eigenvalue weighted by Gasteiger charge is -2.16. The first-order chi connectivity index (χ1) is 7.72. The molecule has 0 spiro atoms. The first kappa shape index (κ1) is 11.4. The normalized spacial score (nSPS) is 12.7. The topological polar surface area (TPSA) is 38.0 Å². The van der Waals surface area contributed by atoms with Crippen molar-refractivity contribution < 1.29 is 5.11 Å². The van der Waals surface area contributed by atoms with Crippen molar-refractivity contribution in [2.75, 3.05) is 0 Å². The van der Waals surface area contributed by atoms with Gasteiger partial charge in [-0.1, -0.05) is 28.1 Å². The molecule has 1 atom stereocenters. The summed E-state index contributed by atoms with van der Waals surface area (Å²) in [6, 6.07) is 8.34. The fourth-order valence-electron chi connectivity index (χ4n) is 1.71. The Morgan fingerprint density at radius 3 is 2.69 bits per heavy atom. The zero-order valence-corrected chi connectivity index (χ0v) is 10.6. The molecule has 16 heavy (non-hydrogen) atoms. The number of aliphatic hydroxyl groups is 1. The van der Waals surface area contributed by atoms with Crippen LogP contribution in [0.4, 0.5) is 0 Å². The van der Waals surface area contributed by atoms with Gasteiger partial charge in [0.25, 0.3) is 0 Å². The molecule has 84 valence electrons. The van der Waals surface area contributed by atoms with Gasteiger partial charge in [-0.3, -0.25) is 0 Å². The second-order valence-corrected chi connectivity index (χ2v) is 4.59. The third-order valence-corrected chi connectivity index (χ3v) is 3.21. The Morgan fingerprint density at radius 2 is 2.06 bits per heavy atom. The van der Waals surface area contributed by atoms with Crippen molar-refractivity contribution >= 4 is 15.9 Å². The second-order valence-electron chi connectivity index (χ2n) is 3.68. The number of aromatic nitrogens is 2. The number of halogens is 1. The van der Waals surface area contributed by atoms with Gasteiger partial charge in [0.05, 0.1) is 30.9 Å². The fraction of sp³-hybridized carbons (Fsp3) is 0.250. The van der Waals surface area contributed by atoms with E-state index in [0.29, 0.717) is 0 Å². The maximum absolute atomic E-state index is 9.18. The zero-order valence-electron chi connectivity index (χ0n) is 8.97. The lowest BCUT2D eigenvalue weighted by atomic mass is 10.1. The maximum atomic E-state index is 9.18. The van der Waals surface area contributed by atoms with Crippen molar-refractivity contribution in [2.45, 2.75) is 19.6 Å². The third kappa shape index (κ3) is 2.18. The quantitative estimate of drug-likeness (QED) is 0.939. The lowest BCUT2D eigenvalue weighted by Crippen LogP contribution is -2.08. The van der Waals surface area contributed by atoms with Crippen molar-refractivity contribution in [3.05, 3.63) is 52.5 Å². The molecule has 0 aliphatic rings. The molecule has 0 saturated heterocycles. The standard InChI is InChI=1S/C12H13BrN2O/c1-9(10-2-4-11(13)5-3-10)15-8-14-6-12(15)7-16/h2-6,8-9,16H,7H2,1H3. The molecule has 4 heteroatoms. The minimum absolute atomic E-state index is 0.0148. The van der Waals surface area contributed by atoms with Crippen molar-refractivity contribution in [1.82, 2.24) is 9.55 Å². The smallest absolute Gasteiger partial charge is 0.0954 e. The van der Waals surface area contributed by atoms with Gasteiger partial charge in [0.15, 0.2) is 0 Å². The van der Waals surface area contributed by atoms with E-state index in [0.717, 1.165) is 10.2 Å². The molecule has 1 heterocycles. The van der Waals surface area contributed by atoms with Crippen LogP contribution in [-0.2, 0) is 6.61 Å². The molecule has 1 unspecified atom stereocenters. The van der Waals surface area contributed by atoms with Crippen LogP contribution in [-0.4, -0.2) is 14.7 Å². The highest BCUT2D eigenvalue weighted by Crippen LogP contribution is 2.21. The van der Waals surface area contributed by atoms with E-state index in [4.69, 9.17) is 0 Å². The summed E-state index contributed by atoms with van der Waals surface area (Å²) in [4.78, 5) is 4.05. The summed E-state index contributed by atoms with van der Waals surface area (Å²) < 4.78 is 3.04. The Kier molecular flexibility index (Phi) is 3.41. The number of aliphatic hydroxyl groups excluding tert-OH is 1. The third-order valence-electron chi connectivity index (χ3n) is 2.68. The van der Waals surface area contributed by atoms with Crippen LogP contribution in [0.2, 0.25) is 0 Å². The molecule has 0 fully saturated rings. The molecule has 0 amide bonds. The molecular weight excluding hydrogens is 268 g/mol. The summed E-state index contributed by atoms with van der Waals surface area (Å²) in [5.74, 6) is 0. The molecule has 0 bridgehead atoms. The van der Waals surface area contributed by atoms with E-state index in [1.807, 2.05) is 16.7 Å². The predicted octanol–water partition coefficient (Wildman–Crippen LogP) is 2.75. The van der Waals surface area contributed by atoms with Crippen molar-refractivity contribution in [3.8, 4) is 0 Å². The van der Waals surface area contributed by atoms with Crippen molar-refractivity contribution in [2.24, 2.45) is 0 Å². The number of imidazole rings is 1. The highest BCUT2D eigenvalue weighted by molar-refractivity contribution is 9.10. The number of hydrogen-bond donors (Lipinski definition) is 1. The predicted molar refractivity (Wildman–Crippen MR) is 66.1 cm³/mol. The van der Waals surface area contributed by atoms with Crippen LogP contribution in [0.5, 0.6) is 0 Å². The maximum Gasteiger partial charge on any atom is 0.0954 e. The summed E-state index contributed by atoms with van der Waals surface area (Å²) in [5, 5.41) is 9.18. The lowest BCUT2D eigenvalue weighted by molar-refractivity contribution is 0.269. The molecule has 0 aliphatic heterocycles. The first-order valence-corrected chi connectivity index (χ1v) is 5.88. The van der Waals surface area contributed by atoms with E-state index in [1.165, 1.54) is 5.56 Å². The highest BCUT2D eigenvalue weighted by Gasteiger charge is 2.10. The van der Waals surface area contributed by atoms with Gasteiger partial charge in [0.1, 0.15) is 0 Å².